The van der Waals surface area contributed by atoms with Crippen molar-refractivity contribution < 1.29 is 9.53 Å². The number of carbonyl (C=O) groups is 1. The first-order valence-corrected chi connectivity index (χ1v) is 7.48. The van der Waals surface area contributed by atoms with Crippen molar-refractivity contribution in [2.45, 2.75) is 39.2 Å². The molecule has 0 saturated carbocycles. The molecule has 2 rings (SSSR count). The summed E-state index contributed by atoms with van der Waals surface area (Å²) in [5, 5.41) is 0. The third-order valence-corrected chi connectivity index (χ3v) is 3.97. The van der Waals surface area contributed by atoms with E-state index in [1.165, 1.54) is 5.56 Å². The molecule has 3 heteroatoms. The highest BCUT2D eigenvalue weighted by molar-refractivity contribution is 5.97. The van der Waals surface area contributed by atoms with E-state index in [9.17, 15) is 4.79 Å². The Morgan fingerprint density at radius 2 is 2.00 bits per heavy atom. The molecule has 1 aliphatic rings. The molecule has 0 aromatic heterocycles. The third-order valence-electron chi connectivity index (χ3n) is 3.97. The van der Waals surface area contributed by atoms with Crippen LogP contribution in [-0.4, -0.2) is 42.5 Å². The smallest absolute Gasteiger partial charge is 0.176 e. The number of Topliss-reactive ketones (excluding diaryl/α,β-unsaturated/α-hetero) is 1. The molecule has 0 spiro atoms. The summed E-state index contributed by atoms with van der Waals surface area (Å²) in [4.78, 5) is 14.6. The van der Waals surface area contributed by atoms with Gasteiger partial charge in [-0.05, 0) is 25.8 Å². The molecule has 0 amide bonds. The van der Waals surface area contributed by atoms with Gasteiger partial charge in [0.05, 0.1) is 19.8 Å². The Morgan fingerprint density at radius 3 is 2.60 bits per heavy atom. The number of benzene rings is 1. The number of aryl methyl sites for hydroxylation is 1. The molecular weight excluding hydrogens is 250 g/mol. The van der Waals surface area contributed by atoms with Gasteiger partial charge in [-0.3, -0.25) is 9.69 Å². The molecule has 1 saturated heterocycles. The van der Waals surface area contributed by atoms with Gasteiger partial charge in [-0.2, -0.15) is 0 Å². The minimum atomic E-state index is -0.0595. The van der Waals surface area contributed by atoms with Crippen LogP contribution in [0.25, 0.3) is 0 Å². The lowest BCUT2D eigenvalue weighted by atomic mass is 10.00. The average Bonchev–Trinajstić information content (AvgIpc) is 2.42. The summed E-state index contributed by atoms with van der Waals surface area (Å²) in [6.07, 6.45) is 2.21. The minimum absolute atomic E-state index is 0.0595. The molecule has 20 heavy (non-hydrogen) atoms. The molecule has 0 bridgehead atoms. The van der Waals surface area contributed by atoms with Gasteiger partial charge in [0.2, 0.25) is 0 Å². The first-order chi connectivity index (χ1) is 9.53. The van der Waals surface area contributed by atoms with Crippen molar-refractivity contribution in [2.75, 3.05) is 26.3 Å². The van der Waals surface area contributed by atoms with Gasteiger partial charge in [-0.1, -0.05) is 37.6 Å². The summed E-state index contributed by atoms with van der Waals surface area (Å²) in [5.74, 6) is 0.197. The summed E-state index contributed by atoms with van der Waals surface area (Å²) in [6.45, 7) is 9.13. The van der Waals surface area contributed by atoms with Gasteiger partial charge in [-0.15, -0.1) is 0 Å². The van der Waals surface area contributed by atoms with E-state index in [2.05, 4.69) is 37.8 Å². The number of hydrogen-bond donors (Lipinski definition) is 0. The van der Waals surface area contributed by atoms with Crippen molar-refractivity contribution in [3.05, 3.63) is 35.4 Å². The van der Waals surface area contributed by atoms with E-state index in [-0.39, 0.29) is 11.3 Å². The van der Waals surface area contributed by atoms with Crippen LogP contribution >= 0.6 is 0 Å². The minimum Gasteiger partial charge on any atom is -0.378 e. The lowest BCUT2D eigenvalue weighted by Gasteiger charge is -2.41. The van der Waals surface area contributed by atoms with Crippen LogP contribution in [0, 0.1) is 0 Å². The Hall–Kier alpha value is -1.19. The molecule has 110 valence electrons. The van der Waals surface area contributed by atoms with Crippen LogP contribution in [0.2, 0.25) is 0 Å². The second-order valence-corrected chi connectivity index (χ2v) is 6.16. The molecule has 1 fully saturated rings. The number of morpholine rings is 1. The molecule has 0 N–H and O–H groups in total. The van der Waals surface area contributed by atoms with Crippen LogP contribution in [0.15, 0.2) is 24.3 Å². The molecule has 1 aromatic carbocycles. The predicted octanol–water partition coefficient (Wildman–Crippen LogP) is 2.93. The average molecular weight is 275 g/mol. The standard InChI is InChI=1S/C17H25NO2/c1-4-5-14-6-8-15(9-7-14)16(19)12-18-10-11-20-13-17(18,2)3/h6-9H,4-5,10-13H2,1-3H3. The van der Waals surface area contributed by atoms with Gasteiger partial charge in [0, 0.05) is 17.6 Å². The maximum atomic E-state index is 12.4. The summed E-state index contributed by atoms with van der Waals surface area (Å²) in [7, 11) is 0. The van der Waals surface area contributed by atoms with Crippen LogP contribution in [-0.2, 0) is 11.2 Å². The zero-order valence-corrected chi connectivity index (χ0v) is 12.8. The SMILES string of the molecule is CCCc1ccc(C(=O)CN2CCOCC2(C)C)cc1. The van der Waals surface area contributed by atoms with E-state index in [4.69, 9.17) is 4.74 Å². The topological polar surface area (TPSA) is 29.5 Å². The Labute approximate surface area is 121 Å². The largest absolute Gasteiger partial charge is 0.378 e. The van der Waals surface area contributed by atoms with E-state index >= 15 is 0 Å². The number of nitrogens with zero attached hydrogens (tertiary/aromatic N) is 1. The quantitative estimate of drug-likeness (QED) is 0.774. The van der Waals surface area contributed by atoms with Crippen molar-refractivity contribution in [3.8, 4) is 0 Å². The predicted molar refractivity (Wildman–Crippen MR) is 81.2 cm³/mol. The van der Waals surface area contributed by atoms with E-state index in [0.717, 1.165) is 24.9 Å². The number of rotatable bonds is 5. The first-order valence-electron chi connectivity index (χ1n) is 7.48. The number of ketones is 1. The van der Waals surface area contributed by atoms with Gasteiger partial charge >= 0.3 is 0 Å². The molecule has 1 aliphatic heterocycles. The fourth-order valence-electron chi connectivity index (χ4n) is 2.59. The Bertz CT molecular complexity index is 451. The zero-order chi connectivity index (χ0) is 14.6. The number of hydrogen-bond acceptors (Lipinski definition) is 3. The highest BCUT2D eigenvalue weighted by Gasteiger charge is 2.31. The van der Waals surface area contributed by atoms with E-state index < -0.39 is 0 Å². The molecular formula is C17H25NO2. The number of ether oxygens (including phenoxy) is 1. The summed E-state index contributed by atoms with van der Waals surface area (Å²) >= 11 is 0. The maximum Gasteiger partial charge on any atom is 0.176 e. The van der Waals surface area contributed by atoms with Crippen molar-refractivity contribution in [1.82, 2.24) is 4.90 Å². The van der Waals surface area contributed by atoms with Crippen LogP contribution in [0.5, 0.6) is 0 Å². The van der Waals surface area contributed by atoms with Crippen LogP contribution in [0.3, 0.4) is 0 Å². The second kappa shape index (κ2) is 6.51. The van der Waals surface area contributed by atoms with Crippen LogP contribution in [0.4, 0.5) is 0 Å². The summed E-state index contributed by atoms with van der Waals surface area (Å²) < 4.78 is 5.49. The Morgan fingerprint density at radius 1 is 1.30 bits per heavy atom. The first kappa shape index (κ1) is 15.2. The Kier molecular flexibility index (Phi) is 4.95. The highest BCUT2D eigenvalue weighted by atomic mass is 16.5. The fourth-order valence-corrected chi connectivity index (χ4v) is 2.59. The van der Waals surface area contributed by atoms with E-state index in [1.807, 2.05) is 12.1 Å². The van der Waals surface area contributed by atoms with Gasteiger partial charge in [-0.25, -0.2) is 0 Å². The third kappa shape index (κ3) is 3.68. The summed E-state index contributed by atoms with van der Waals surface area (Å²) in [6, 6.07) is 8.06. The second-order valence-electron chi connectivity index (χ2n) is 6.16. The van der Waals surface area contributed by atoms with Crippen molar-refractivity contribution in [2.24, 2.45) is 0 Å². The molecule has 0 unspecified atom stereocenters. The summed E-state index contributed by atoms with van der Waals surface area (Å²) in [5.41, 5.74) is 2.05. The molecule has 0 atom stereocenters. The van der Waals surface area contributed by atoms with Gasteiger partial charge in [0.15, 0.2) is 5.78 Å². The monoisotopic (exact) mass is 275 g/mol. The van der Waals surface area contributed by atoms with Gasteiger partial charge < -0.3 is 4.74 Å². The van der Waals surface area contributed by atoms with Crippen LogP contribution < -0.4 is 0 Å². The number of carbonyl (C=O) groups excluding carboxylic acids is 1. The molecule has 1 heterocycles. The molecule has 0 radical (unpaired) electrons. The van der Waals surface area contributed by atoms with Gasteiger partial charge in [0.25, 0.3) is 0 Å². The molecule has 1 aromatic rings. The zero-order valence-electron chi connectivity index (χ0n) is 12.8. The highest BCUT2D eigenvalue weighted by Crippen LogP contribution is 2.19. The normalized spacial score (nSPS) is 18.9. The molecule has 0 aliphatic carbocycles. The lowest BCUT2D eigenvalue weighted by molar-refractivity contribution is -0.0467. The fraction of sp³-hybridized carbons (Fsp3) is 0.588. The van der Waals surface area contributed by atoms with E-state index in [1.54, 1.807) is 0 Å². The lowest BCUT2D eigenvalue weighted by Crippen LogP contribution is -2.54. The molecule has 3 nitrogen and oxygen atoms in total. The van der Waals surface area contributed by atoms with Crippen molar-refractivity contribution in [3.63, 3.8) is 0 Å². The Balaban J connectivity index is 2.00. The van der Waals surface area contributed by atoms with Crippen molar-refractivity contribution >= 4 is 5.78 Å². The van der Waals surface area contributed by atoms with Crippen molar-refractivity contribution in [1.29, 1.82) is 0 Å². The van der Waals surface area contributed by atoms with Crippen LogP contribution in [0.1, 0.15) is 43.1 Å². The van der Waals surface area contributed by atoms with E-state index in [0.29, 0.717) is 19.8 Å². The maximum absolute atomic E-state index is 12.4. The van der Waals surface area contributed by atoms with Gasteiger partial charge in [0.1, 0.15) is 0 Å².